The number of anilines is 2. The summed E-state index contributed by atoms with van der Waals surface area (Å²) in [6.45, 7) is 6.21. The minimum atomic E-state index is 0.548. The minimum Gasteiger partial charge on any atom is -0.355 e. The predicted octanol–water partition coefficient (Wildman–Crippen LogP) is 3.42. The predicted molar refractivity (Wildman–Crippen MR) is 137 cm³/mol. The Morgan fingerprint density at radius 2 is 1.94 bits per heavy atom. The summed E-state index contributed by atoms with van der Waals surface area (Å²) in [5.41, 5.74) is 5.69. The zero-order valence-electron chi connectivity index (χ0n) is 19.8. The quantitative estimate of drug-likeness (QED) is 0.448. The lowest BCUT2D eigenvalue weighted by Gasteiger charge is -2.23. The average molecular weight is 453 g/mol. The summed E-state index contributed by atoms with van der Waals surface area (Å²) >= 11 is 0. The van der Waals surface area contributed by atoms with E-state index in [2.05, 4.69) is 75.8 Å². The van der Waals surface area contributed by atoms with Crippen molar-refractivity contribution in [3.05, 3.63) is 65.6 Å². The van der Waals surface area contributed by atoms with Crippen LogP contribution < -0.4 is 9.80 Å². The minimum absolute atomic E-state index is 0.548. The van der Waals surface area contributed by atoms with Crippen LogP contribution in [0.3, 0.4) is 0 Å². The summed E-state index contributed by atoms with van der Waals surface area (Å²) in [6.07, 6.45) is 3.26. The number of aromatic nitrogens is 2. The fourth-order valence-corrected chi connectivity index (χ4v) is 4.81. The third kappa shape index (κ3) is 3.84. The highest BCUT2D eigenvalue weighted by molar-refractivity contribution is 6.10. The number of rotatable bonds is 4. The molecule has 2 aliphatic rings. The Kier molecular flexibility index (Phi) is 5.64. The van der Waals surface area contributed by atoms with Crippen molar-refractivity contribution in [1.29, 1.82) is 5.26 Å². The average Bonchev–Trinajstić information content (AvgIpc) is 3.48. The van der Waals surface area contributed by atoms with Crippen LogP contribution in [0.15, 0.2) is 58.9 Å². The zero-order chi connectivity index (χ0) is 23.8. The molecule has 0 aliphatic carbocycles. The fourth-order valence-electron chi connectivity index (χ4n) is 4.81. The maximum Gasteiger partial charge on any atom is 0.179 e. The Balaban J connectivity index is 1.54. The molecule has 1 fully saturated rings. The molecule has 0 unspecified atom stereocenters. The van der Waals surface area contributed by atoms with E-state index in [1.54, 1.807) is 0 Å². The van der Waals surface area contributed by atoms with Crippen molar-refractivity contribution in [2.24, 2.45) is 10.2 Å². The van der Waals surface area contributed by atoms with Crippen LogP contribution in [0.4, 0.5) is 11.5 Å². The fraction of sp³-hybridized carbons (Fsp3) is 0.308. The van der Waals surface area contributed by atoms with Gasteiger partial charge in [-0.15, -0.1) is 5.10 Å². The third-order valence-electron chi connectivity index (χ3n) is 6.79. The van der Waals surface area contributed by atoms with Crippen molar-refractivity contribution < 1.29 is 0 Å². The molecule has 1 aromatic carbocycles. The normalized spacial score (nSPS) is 18.6. The van der Waals surface area contributed by atoms with Gasteiger partial charge < -0.3 is 19.3 Å². The van der Waals surface area contributed by atoms with Crippen molar-refractivity contribution in [2.45, 2.75) is 19.0 Å². The smallest absolute Gasteiger partial charge is 0.179 e. The van der Waals surface area contributed by atoms with E-state index in [9.17, 15) is 0 Å². The molecule has 0 spiro atoms. The van der Waals surface area contributed by atoms with E-state index < -0.39 is 0 Å². The molecule has 34 heavy (non-hydrogen) atoms. The highest BCUT2D eigenvalue weighted by Gasteiger charge is 2.28. The first-order valence-corrected chi connectivity index (χ1v) is 11.4. The van der Waals surface area contributed by atoms with Gasteiger partial charge in [0.1, 0.15) is 5.82 Å². The number of hydrogen-bond acceptors (Lipinski definition) is 6. The lowest BCUT2D eigenvalue weighted by atomic mass is 10.1. The standard InChI is InChI=1S/C26H28N8/c1-28-30-26-24-13-20(19-7-5-18(14-27)6-8-19)15-34(24)17-22-23(32(26)4)9-10-25(29-22)33-12-11-21(16-33)31(2)3/h5-10,13,15,21H,1,11-12,16-17H2,2-4H3/b30-26-/t21-/m1/s1. The van der Waals surface area contributed by atoms with Gasteiger partial charge in [-0.3, -0.25) is 0 Å². The Morgan fingerprint density at radius 3 is 2.62 bits per heavy atom. The molecule has 8 heteroatoms. The summed E-state index contributed by atoms with van der Waals surface area (Å²) in [5, 5.41) is 17.3. The maximum absolute atomic E-state index is 9.12. The van der Waals surface area contributed by atoms with Gasteiger partial charge in [0.25, 0.3) is 0 Å². The Labute approximate surface area is 200 Å². The lowest BCUT2D eigenvalue weighted by molar-refractivity contribution is 0.315. The van der Waals surface area contributed by atoms with Gasteiger partial charge in [-0.05, 0) is 56.4 Å². The van der Waals surface area contributed by atoms with Crippen molar-refractivity contribution in [3.8, 4) is 17.2 Å². The second-order valence-corrected chi connectivity index (χ2v) is 9.04. The second-order valence-electron chi connectivity index (χ2n) is 9.04. The number of pyridine rings is 1. The monoisotopic (exact) mass is 452 g/mol. The van der Waals surface area contributed by atoms with Crippen LogP contribution in [0, 0.1) is 11.3 Å². The van der Waals surface area contributed by atoms with Crippen LogP contribution in [-0.4, -0.2) is 67.3 Å². The van der Waals surface area contributed by atoms with Crippen LogP contribution in [0.5, 0.6) is 0 Å². The van der Waals surface area contributed by atoms with Gasteiger partial charge in [-0.25, -0.2) is 4.98 Å². The van der Waals surface area contributed by atoms with E-state index in [0.29, 0.717) is 18.2 Å². The maximum atomic E-state index is 9.12. The molecule has 4 heterocycles. The number of hydrogen-bond donors (Lipinski definition) is 0. The van der Waals surface area contributed by atoms with Crippen molar-refractivity contribution in [3.63, 3.8) is 0 Å². The largest absolute Gasteiger partial charge is 0.355 e. The molecule has 0 radical (unpaired) electrons. The molecular formula is C26H28N8. The third-order valence-corrected chi connectivity index (χ3v) is 6.79. The van der Waals surface area contributed by atoms with Gasteiger partial charge in [0.2, 0.25) is 0 Å². The molecule has 0 amide bonds. The van der Waals surface area contributed by atoms with Crippen molar-refractivity contribution in [1.82, 2.24) is 14.5 Å². The number of likely N-dealkylation sites (N-methyl/N-ethyl adjacent to an activating group) is 1. The zero-order valence-corrected chi connectivity index (χ0v) is 19.8. The molecule has 0 bridgehead atoms. The van der Waals surface area contributed by atoms with Crippen LogP contribution in [-0.2, 0) is 6.54 Å². The Morgan fingerprint density at radius 1 is 1.15 bits per heavy atom. The number of fused-ring (bicyclic) bond motifs is 2. The van der Waals surface area contributed by atoms with Crippen molar-refractivity contribution >= 4 is 24.1 Å². The van der Waals surface area contributed by atoms with Crippen LogP contribution >= 0.6 is 0 Å². The first kappa shape index (κ1) is 21.9. The summed E-state index contributed by atoms with van der Waals surface area (Å²) in [7, 11) is 6.27. The summed E-state index contributed by atoms with van der Waals surface area (Å²) in [5.74, 6) is 1.73. The van der Waals surface area contributed by atoms with E-state index in [1.807, 2.05) is 36.2 Å². The Bertz CT molecular complexity index is 1300. The summed E-state index contributed by atoms with van der Waals surface area (Å²) < 4.78 is 2.17. The van der Waals surface area contributed by atoms with Crippen LogP contribution in [0.25, 0.3) is 11.1 Å². The van der Waals surface area contributed by atoms with Gasteiger partial charge >= 0.3 is 0 Å². The van der Waals surface area contributed by atoms with E-state index in [0.717, 1.165) is 59.4 Å². The molecule has 0 N–H and O–H groups in total. The van der Waals surface area contributed by atoms with Crippen LogP contribution in [0.2, 0.25) is 0 Å². The SMILES string of the molecule is C=N/N=C1/c2cc(-c3ccc(C#N)cc3)cn2Cc2nc(N3CC[C@@H](N(C)C)C3)ccc2N1C. The number of nitrogens with zero attached hydrogens (tertiary/aromatic N) is 8. The summed E-state index contributed by atoms with van der Waals surface area (Å²) in [6, 6.07) is 16.7. The molecule has 1 atom stereocenters. The molecule has 3 aromatic rings. The topological polar surface area (TPSA) is 76.0 Å². The molecule has 0 saturated carbocycles. The highest BCUT2D eigenvalue weighted by Crippen LogP contribution is 2.32. The first-order valence-electron chi connectivity index (χ1n) is 11.4. The Hall–Kier alpha value is -3.96. The van der Waals surface area contributed by atoms with Gasteiger partial charge in [-0.1, -0.05) is 12.1 Å². The second kappa shape index (κ2) is 8.76. The molecule has 8 nitrogen and oxygen atoms in total. The van der Waals surface area contributed by atoms with E-state index in [1.165, 1.54) is 0 Å². The molecule has 172 valence electrons. The molecule has 2 aromatic heterocycles. The van der Waals surface area contributed by atoms with Crippen LogP contribution in [0.1, 0.15) is 23.4 Å². The molecule has 2 aliphatic heterocycles. The first-order chi connectivity index (χ1) is 16.5. The van der Waals surface area contributed by atoms with E-state index in [4.69, 9.17) is 10.2 Å². The number of benzene rings is 1. The van der Waals surface area contributed by atoms with Crippen molar-refractivity contribution in [2.75, 3.05) is 44.0 Å². The number of nitriles is 1. The van der Waals surface area contributed by atoms with Gasteiger partial charge in [0.05, 0.1) is 35.3 Å². The molecular weight excluding hydrogens is 424 g/mol. The lowest BCUT2D eigenvalue weighted by Crippen LogP contribution is -2.32. The van der Waals surface area contributed by atoms with E-state index >= 15 is 0 Å². The highest BCUT2D eigenvalue weighted by atomic mass is 15.3. The number of amidine groups is 1. The summed E-state index contributed by atoms with van der Waals surface area (Å²) in [4.78, 5) is 11.8. The van der Waals surface area contributed by atoms with E-state index in [-0.39, 0.29) is 0 Å². The van der Waals surface area contributed by atoms with Gasteiger partial charge in [0, 0.05) is 44.7 Å². The molecule has 1 saturated heterocycles. The van der Waals surface area contributed by atoms with Gasteiger partial charge in [0.15, 0.2) is 5.84 Å². The van der Waals surface area contributed by atoms with Gasteiger partial charge in [-0.2, -0.15) is 10.4 Å². The molecule has 5 rings (SSSR count).